The van der Waals surface area contributed by atoms with Crippen LogP contribution < -0.4 is 5.56 Å². The van der Waals surface area contributed by atoms with Gasteiger partial charge >= 0.3 is 6.18 Å². The van der Waals surface area contributed by atoms with Crippen LogP contribution in [-0.4, -0.2) is 25.1 Å². The van der Waals surface area contributed by atoms with Crippen molar-refractivity contribution in [3.05, 3.63) is 72.9 Å². The van der Waals surface area contributed by atoms with Gasteiger partial charge in [-0.25, -0.2) is 9.97 Å². The molecule has 0 aliphatic carbocycles. The average Bonchev–Trinajstić information content (AvgIpc) is 2.97. The lowest BCUT2D eigenvalue weighted by molar-refractivity contribution is -0.142. The van der Waals surface area contributed by atoms with Gasteiger partial charge in [-0.2, -0.15) is 18.3 Å². The van der Waals surface area contributed by atoms with Crippen LogP contribution in [0.25, 0.3) is 0 Å². The summed E-state index contributed by atoms with van der Waals surface area (Å²) in [6.07, 6.45) is -5.24. The molecule has 0 fully saturated rings. The number of aromatic amines is 2. The number of aromatic nitrogens is 5. The topological polar surface area (TPSA) is 87.3 Å². The zero-order chi connectivity index (χ0) is 19.8. The summed E-state index contributed by atoms with van der Waals surface area (Å²) in [6.45, 7) is 1.65. The summed E-state index contributed by atoms with van der Waals surface area (Å²) in [4.78, 5) is 22.3. The Morgan fingerprint density at radius 3 is 2.44 bits per heavy atom. The first-order valence-corrected chi connectivity index (χ1v) is 8.40. The average molecular weight is 418 g/mol. The van der Waals surface area contributed by atoms with Gasteiger partial charge in [0.15, 0.2) is 11.5 Å². The van der Waals surface area contributed by atoms with Crippen LogP contribution in [0.4, 0.5) is 13.2 Å². The summed E-state index contributed by atoms with van der Waals surface area (Å²) in [5.41, 5.74) is -2.24. The minimum absolute atomic E-state index is 0.143. The van der Waals surface area contributed by atoms with Gasteiger partial charge in [-0.1, -0.05) is 29.3 Å². The lowest BCUT2D eigenvalue weighted by Gasteiger charge is -2.13. The number of nitrogens with zero attached hydrogens (tertiary/aromatic N) is 3. The molecule has 6 nitrogen and oxygen atoms in total. The van der Waals surface area contributed by atoms with Crippen molar-refractivity contribution in [3.63, 3.8) is 0 Å². The molecule has 0 saturated carbocycles. The van der Waals surface area contributed by atoms with Gasteiger partial charge < -0.3 is 4.98 Å². The lowest BCUT2D eigenvalue weighted by atomic mass is 10.0. The molecule has 2 aromatic heterocycles. The number of benzene rings is 1. The zero-order valence-electron chi connectivity index (χ0n) is 13.8. The molecule has 2 heterocycles. The van der Waals surface area contributed by atoms with Gasteiger partial charge in [0.1, 0.15) is 11.6 Å². The molecule has 3 aromatic rings. The van der Waals surface area contributed by atoms with Crippen molar-refractivity contribution in [2.24, 2.45) is 0 Å². The van der Waals surface area contributed by atoms with Crippen molar-refractivity contribution in [2.45, 2.75) is 25.9 Å². The molecule has 0 atom stereocenters. The minimum atomic E-state index is -4.80. The Morgan fingerprint density at radius 1 is 1.11 bits per heavy atom. The lowest BCUT2D eigenvalue weighted by Crippen LogP contribution is -2.25. The smallest absolute Gasteiger partial charge is 0.310 e. The number of nitrogens with one attached hydrogen (secondary N) is 2. The van der Waals surface area contributed by atoms with Crippen LogP contribution in [0.1, 0.15) is 34.3 Å². The summed E-state index contributed by atoms with van der Waals surface area (Å²) < 4.78 is 40.5. The molecule has 0 saturated heterocycles. The fourth-order valence-electron chi connectivity index (χ4n) is 2.50. The van der Waals surface area contributed by atoms with Crippen LogP contribution in [0.3, 0.4) is 0 Å². The summed E-state index contributed by atoms with van der Waals surface area (Å²) in [5, 5.41) is 6.86. The van der Waals surface area contributed by atoms with E-state index in [1.807, 2.05) is 0 Å². The second-order valence-electron chi connectivity index (χ2n) is 5.78. The first-order chi connectivity index (χ1) is 12.6. The van der Waals surface area contributed by atoms with E-state index in [-0.39, 0.29) is 34.5 Å². The van der Waals surface area contributed by atoms with Gasteiger partial charge in [0, 0.05) is 6.42 Å². The van der Waals surface area contributed by atoms with E-state index in [1.54, 1.807) is 6.92 Å². The van der Waals surface area contributed by atoms with E-state index in [0.29, 0.717) is 11.4 Å². The highest BCUT2D eigenvalue weighted by atomic mass is 35.5. The van der Waals surface area contributed by atoms with Gasteiger partial charge in [-0.3, -0.25) is 9.89 Å². The van der Waals surface area contributed by atoms with Gasteiger partial charge in [0.2, 0.25) is 0 Å². The van der Waals surface area contributed by atoms with Crippen molar-refractivity contribution in [3.8, 4) is 0 Å². The van der Waals surface area contributed by atoms with Crippen LogP contribution in [0, 0.1) is 6.92 Å². The Labute approximate surface area is 160 Å². The molecular weight excluding hydrogens is 406 g/mol. The summed E-state index contributed by atoms with van der Waals surface area (Å²) in [7, 11) is 0. The van der Waals surface area contributed by atoms with Gasteiger partial charge in [-0.15, -0.1) is 0 Å². The van der Waals surface area contributed by atoms with Crippen molar-refractivity contribution in [1.82, 2.24) is 25.1 Å². The highest BCUT2D eigenvalue weighted by molar-refractivity contribution is 6.42. The highest BCUT2D eigenvalue weighted by Crippen LogP contribution is 2.31. The summed E-state index contributed by atoms with van der Waals surface area (Å²) in [6, 6.07) is 4.36. The zero-order valence-corrected chi connectivity index (χ0v) is 15.3. The number of alkyl halides is 3. The number of halogens is 5. The molecule has 1 aromatic carbocycles. The molecule has 27 heavy (non-hydrogen) atoms. The maximum atomic E-state index is 13.5. The molecule has 3 rings (SSSR count). The molecule has 0 bridgehead atoms. The van der Waals surface area contributed by atoms with Crippen LogP contribution in [-0.2, 0) is 19.0 Å². The molecule has 0 unspecified atom stereocenters. The van der Waals surface area contributed by atoms with Gasteiger partial charge in [-0.05, 0) is 24.6 Å². The number of hydrogen-bond acceptors (Lipinski definition) is 4. The first-order valence-electron chi connectivity index (χ1n) is 7.64. The standard InChI is InChI=1S/C16H12Cl2F3N5O/c1-7-22-13(26-25-7)6-12-23-14(16(19,20)21)9(15(27)24-12)4-8-2-3-10(17)11(18)5-8/h2-3,5H,4,6H2,1H3,(H,22,25,26)(H,23,24,27). The van der Waals surface area contributed by atoms with Crippen molar-refractivity contribution >= 4 is 23.2 Å². The largest absolute Gasteiger partial charge is 0.433 e. The maximum Gasteiger partial charge on any atom is 0.433 e. The number of aryl methyl sites for hydroxylation is 1. The van der Waals surface area contributed by atoms with Crippen LogP contribution in [0.5, 0.6) is 0 Å². The van der Waals surface area contributed by atoms with Crippen molar-refractivity contribution in [2.75, 3.05) is 0 Å². The van der Waals surface area contributed by atoms with Crippen molar-refractivity contribution in [1.29, 1.82) is 0 Å². The van der Waals surface area contributed by atoms with Gasteiger partial charge in [0.05, 0.1) is 22.0 Å². The Morgan fingerprint density at radius 2 is 1.85 bits per heavy atom. The van der Waals surface area contributed by atoms with E-state index in [1.165, 1.54) is 18.2 Å². The maximum absolute atomic E-state index is 13.5. The quantitative estimate of drug-likeness (QED) is 0.677. The fourth-order valence-corrected chi connectivity index (χ4v) is 2.82. The molecule has 0 aliphatic rings. The molecule has 0 radical (unpaired) electrons. The molecule has 0 aliphatic heterocycles. The van der Waals surface area contributed by atoms with Gasteiger partial charge in [0.25, 0.3) is 5.56 Å². The molecular formula is C16H12Cl2F3N5O. The van der Waals surface area contributed by atoms with Crippen LogP contribution >= 0.6 is 23.2 Å². The third-order valence-electron chi connectivity index (χ3n) is 3.67. The Bertz CT molecular complexity index is 1050. The molecule has 2 N–H and O–H groups in total. The Kier molecular flexibility index (Phi) is 5.25. The van der Waals surface area contributed by atoms with E-state index in [9.17, 15) is 18.0 Å². The van der Waals surface area contributed by atoms with E-state index in [2.05, 4.69) is 25.1 Å². The molecule has 11 heteroatoms. The fraction of sp³-hybridized carbons (Fsp3) is 0.250. The second kappa shape index (κ2) is 7.32. The second-order valence-corrected chi connectivity index (χ2v) is 6.59. The van der Waals surface area contributed by atoms with Crippen LogP contribution in [0.2, 0.25) is 10.0 Å². The third kappa shape index (κ3) is 4.48. The normalized spacial score (nSPS) is 11.8. The SMILES string of the molecule is Cc1nc(Cc2nc(C(F)(F)F)c(Cc3ccc(Cl)c(Cl)c3)c(=O)[nH]2)n[nH]1. The Hall–Kier alpha value is -2.39. The molecule has 142 valence electrons. The number of H-pyrrole nitrogens is 2. The van der Waals surface area contributed by atoms with E-state index in [4.69, 9.17) is 23.2 Å². The predicted octanol–water partition coefficient (Wildman–Crippen LogP) is 3.70. The highest BCUT2D eigenvalue weighted by Gasteiger charge is 2.37. The third-order valence-corrected chi connectivity index (χ3v) is 4.41. The molecule has 0 spiro atoms. The summed E-state index contributed by atoms with van der Waals surface area (Å²) >= 11 is 11.7. The number of rotatable bonds is 4. The van der Waals surface area contributed by atoms with E-state index in [0.717, 1.165) is 0 Å². The first kappa shape index (κ1) is 19.4. The minimum Gasteiger partial charge on any atom is -0.310 e. The summed E-state index contributed by atoms with van der Waals surface area (Å²) in [5.74, 6) is 0.546. The van der Waals surface area contributed by atoms with E-state index < -0.39 is 23.0 Å². The molecule has 0 amide bonds. The van der Waals surface area contributed by atoms with E-state index >= 15 is 0 Å². The predicted molar refractivity (Wildman–Crippen MR) is 93.1 cm³/mol. The Balaban J connectivity index is 2.02. The number of hydrogen-bond donors (Lipinski definition) is 2. The monoisotopic (exact) mass is 417 g/mol. The van der Waals surface area contributed by atoms with Crippen LogP contribution in [0.15, 0.2) is 23.0 Å². The van der Waals surface area contributed by atoms with Crippen molar-refractivity contribution < 1.29 is 13.2 Å².